The van der Waals surface area contributed by atoms with Crippen molar-refractivity contribution in [3.8, 4) is 0 Å². The molecule has 0 saturated heterocycles. The van der Waals surface area contributed by atoms with E-state index in [1.165, 1.54) is 11.3 Å². The summed E-state index contributed by atoms with van der Waals surface area (Å²) in [5, 5.41) is 11.9. The molecule has 0 radical (unpaired) electrons. The first-order chi connectivity index (χ1) is 6.61. The van der Waals surface area contributed by atoms with Crippen LogP contribution in [0.25, 0.3) is 0 Å². The number of rotatable bonds is 5. The van der Waals surface area contributed by atoms with Crippen LogP contribution in [0.5, 0.6) is 0 Å². The molecule has 2 N–H and O–H groups in total. The maximum Gasteiger partial charge on any atom is 0.320 e. The van der Waals surface area contributed by atoms with Gasteiger partial charge in [-0.05, 0) is 5.92 Å². The van der Waals surface area contributed by atoms with Crippen molar-refractivity contribution in [2.24, 2.45) is 5.92 Å². The fourth-order valence-electron chi connectivity index (χ4n) is 1.15. The number of hydrogen-bond donors (Lipinski definition) is 2. The van der Waals surface area contributed by atoms with Crippen LogP contribution < -0.4 is 5.32 Å². The molecular weight excluding hydrogens is 200 g/mol. The van der Waals surface area contributed by atoms with Gasteiger partial charge in [0.05, 0.1) is 5.51 Å². The van der Waals surface area contributed by atoms with Crippen molar-refractivity contribution < 1.29 is 9.90 Å². The Kier molecular flexibility index (Phi) is 4.03. The van der Waals surface area contributed by atoms with Gasteiger partial charge in [0.25, 0.3) is 0 Å². The van der Waals surface area contributed by atoms with Gasteiger partial charge in [0.2, 0.25) is 0 Å². The van der Waals surface area contributed by atoms with Gasteiger partial charge in [0, 0.05) is 17.6 Å². The summed E-state index contributed by atoms with van der Waals surface area (Å²) >= 11 is 1.52. The predicted octanol–water partition coefficient (Wildman–Crippen LogP) is 1.34. The molecule has 1 aromatic rings. The minimum atomic E-state index is -0.801. The van der Waals surface area contributed by atoms with Crippen molar-refractivity contribution in [3.05, 3.63) is 16.6 Å². The zero-order valence-corrected chi connectivity index (χ0v) is 9.04. The summed E-state index contributed by atoms with van der Waals surface area (Å²) < 4.78 is 0. The van der Waals surface area contributed by atoms with Crippen molar-refractivity contribution in [2.75, 3.05) is 0 Å². The highest BCUT2D eigenvalue weighted by Gasteiger charge is 2.20. The van der Waals surface area contributed by atoms with E-state index in [4.69, 9.17) is 5.11 Å². The number of thiazole rings is 1. The van der Waals surface area contributed by atoms with E-state index in [0.29, 0.717) is 6.54 Å². The van der Waals surface area contributed by atoms with Gasteiger partial charge in [-0.15, -0.1) is 11.3 Å². The third-order valence-corrected chi connectivity index (χ3v) is 2.69. The van der Waals surface area contributed by atoms with E-state index in [9.17, 15) is 4.79 Å². The summed E-state index contributed by atoms with van der Waals surface area (Å²) in [6, 6.07) is -0.489. The van der Waals surface area contributed by atoms with Gasteiger partial charge < -0.3 is 5.11 Å². The average molecular weight is 214 g/mol. The highest BCUT2D eigenvalue weighted by molar-refractivity contribution is 7.09. The molecule has 78 valence electrons. The number of nitrogens with zero attached hydrogens (tertiary/aromatic N) is 1. The fourth-order valence-corrected chi connectivity index (χ4v) is 1.69. The van der Waals surface area contributed by atoms with Crippen molar-refractivity contribution in [2.45, 2.75) is 26.4 Å². The zero-order valence-electron chi connectivity index (χ0n) is 8.23. The maximum atomic E-state index is 10.8. The van der Waals surface area contributed by atoms with Crippen molar-refractivity contribution in [1.82, 2.24) is 10.3 Å². The van der Waals surface area contributed by atoms with E-state index in [1.807, 2.05) is 13.8 Å². The van der Waals surface area contributed by atoms with E-state index >= 15 is 0 Å². The van der Waals surface area contributed by atoms with Crippen LogP contribution in [0.15, 0.2) is 11.7 Å². The summed E-state index contributed by atoms with van der Waals surface area (Å²) in [7, 11) is 0. The Hall–Kier alpha value is -0.940. The number of aliphatic carboxylic acids is 1. The quantitative estimate of drug-likeness (QED) is 0.776. The summed E-state index contributed by atoms with van der Waals surface area (Å²) in [5.41, 5.74) is 1.74. The Morgan fingerprint density at radius 3 is 2.86 bits per heavy atom. The maximum absolute atomic E-state index is 10.8. The lowest BCUT2D eigenvalue weighted by Crippen LogP contribution is -2.40. The fraction of sp³-hybridized carbons (Fsp3) is 0.556. The first-order valence-electron chi connectivity index (χ1n) is 4.45. The zero-order chi connectivity index (χ0) is 10.6. The van der Waals surface area contributed by atoms with Crippen molar-refractivity contribution in [3.63, 3.8) is 0 Å². The van der Waals surface area contributed by atoms with E-state index < -0.39 is 12.0 Å². The van der Waals surface area contributed by atoms with Crippen LogP contribution in [-0.2, 0) is 11.3 Å². The molecule has 0 aliphatic carbocycles. The Bertz CT molecular complexity index is 285. The largest absolute Gasteiger partial charge is 0.480 e. The number of carboxylic acids is 1. The highest BCUT2D eigenvalue weighted by Crippen LogP contribution is 2.07. The van der Waals surface area contributed by atoms with Gasteiger partial charge in [-0.2, -0.15) is 0 Å². The Morgan fingerprint density at radius 2 is 2.43 bits per heavy atom. The Balaban J connectivity index is 2.45. The van der Waals surface area contributed by atoms with Crippen LogP contribution in [0.3, 0.4) is 0 Å². The number of nitrogens with one attached hydrogen (secondary N) is 1. The van der Waals surface area contributed by atoms with Crippen LogP contribution >= 0.6 is 11.3 Å². The normalized spacial score (nSPS) is 13.1. The van der Waals surface area contributed by atoms with Gasteiger partial charge in [-0.25, -0.2) is 0 Å². The molecule has 0 aromatic carbocycles. The second-order valence-corrected chi connectivity index (χ2v) is 4.38. The van der Waals surface area contributed by atoms with Crippen LogP contribution in [0.1, 0.15) is 18.7 Å². The van der Waals surface area contributed by atoms with Gasteiger partial charge in [0.15, 0.2) is 0 Å². The number of hydrogen-bond acceptors (Lipinski definition) is 4. The topological polar surface area (TPSA) is 62.2 Å². The molecule has 4 nitrogen and oxygen atoms in total. The van der Waals surface area contributed by atoms with Crippen LogP contribution in [0.4, 0.5) is 0 Å². The van der Waals surface area contributed by atoms with Gasteiger partial charge in [-0.3, -0.25) is 15.1 Å². The average Bonchev–Trinajstić information content (AvgIpc) is 2.55. The standard InChI is InChI=1S/C9H14N2O2S/c1-6(2)8(9(12)13)11-4-7-3-10-5-14-7/h3,5-6,8,11H,4H2,1-2H3,(H,12,13). The van der Waals surface area contributed by atoms with E-state index in [2.05, 4.69) is 10.3 Å². The van der Waals surface area contributed by atoms with Crippen LogP contribution in [0.2, 0.25) is 0 Å². The molecule has 5 heteroatoms. The minimum absolute atomic E-state index is 0.0837. The molecule has 14 heavy (non-hydrogen) atoms. The monoisotopic (exact) mass is 214 g/mol. The Morgan fingerprint density at radius 1 is 1.71 bits per heavy atom. The Labute approximate surface area is 87.0 Å². The molecule has 0 bridgehead atoms. The van der Waals surface area contributed by atoms with Gasteiger partial charge >= 0.3 is 5.97 Å². The third kappa shape index (κ3) is 3.08. The first-order valence-corrected chi connectivity index (χ1v) is 5.32. The second kappa shape index (κ2) is 5.07. The highest BCUT2D eigenvalue weighted by atomic mass is 32.1. The molecule has 1 atom stereocenters. The molecule has 1 rings (SSSR count). The van der Waals surface area contributed by atoms with Crippen LogP contribution in [0, 0.1) is 5.92 Å². The number of carbonyl (C=O) groups is 1. The van der Waals surface area contributed by atoms with Crippen molar-refractivity contribution in [1.29, 1.82) is 0 Å². The van der Waals surface area contributed by atoms with Gasteiger partial charge in [0.1, 0.15) is 6.04 Å². The molecule has 0 fully saturated rings. The lowest BCUT2D eigenvalue weighted by Gasteiger charge is -2.16. The summed E-state index contributed by atoms with van der Waals surface area (Å²) in [6.07, 6.45) is 1.75. The van der Waals surface area contributed by atoms with E-state index in [-0.39, 0.29) is 5.92 Å². The lowest BCUT2D eigenvalue weighted by atomic mass is 10.1. The third-order valence-electron chi connectivity index (χ3n) is 1.91. The second-order valence-electron chi connectivity index (χ2n) is 3.41. The number of aromatic nitrogens is 1. The van der Waals surface area contributed by atoms with E-state index in [0.717, 1.165) is 4.88 Å². The van der Waals surface area contributed by atoms with E-state index in [1.54, 1.807) is 11.7 Å². The SMILES string of the molecule is CC(C)C(NCc1cncs1)C(=O)O. The minimum Gasteiger partial charge on any atom is -0.480 e. The molecule has 0 amide bonds. The first kappa shape index (κ1) is 11.1. The molecule has 0 aliphatic rings. The molecule has 1 unspecified atom stereocenters. The summed E-state index contributed by atoms with van der Waals surface area (Å²) in [5.74, 6) is -0.718. The molecule has 0 spiro atoms. The molecule has 1 heterocycles. The number of carboxylic acid groups (broad SMARTS) is 1. The van der Waals surface area contributed by atoms with Gasteiger partial charge in [-0.1, -0.05) is 13.8 Å². The smallest absolute Gasteiger partial charge is 0.320 e. The summed E-state index contributed by atoms with van der Waals surface area (Å²) in [6.45, 7) is 4.34. The predicted molar refractivity (Wildman–Crippen MR) is 55.2 cm³/mol. The summed E-state index contributed by atoms with van der Waals surface area (Å²) in [4.78, 5) is 15.8. The molecule has 0 saturated carbocycles. The van der Waals surface area contributed by atoms with Crippen LogP contribution in [-0.4, -0.2) is 22.1 Å². The molecule has 1 aromatic heterocycles. The molecule has 0 aliphatic heterocycles. The lowest BCUT2D eigenvalue weighted by molar-refractivity contribution is -0.140. The van der Waals surface area contributed by atoms with Crippen molar-refractivity contribution >= 4 is 17.3 Å². The molecular formula is C9H14N2O2S.